The van der Waals surface area contributed by atoms with E-state index < -0.39 is 17.7 Å². The van der Waals surface area contributed by atoms with Crippen molar-refractivity contribution in [3.8, 4) is 11.5 Å². The van der Waals surface area contributed by atoms with Crippen molar-refractivity contribution in [1.82, 2.24) is 4.90 Å². The molecule has 0 aliphatic carbocycles. The number of ketones is 1. The predicted molar refractivity (Wildman–Crippen MR) is 137 cm³/mol. The summed E-state index contributed by atoms with van der Waals surface area (Å²) in [5.41, 5.74) is 2.94. The second kappa shape index (κ2) is 10.4. The number of Topliss-reactive ketones (excluding diaryl/α,β-unsaturated/α-hetero) is 1. The third-order valence-corrected chi connectivity index (χ3v) is 6.86. The molecule has 1 aliphatic heterocycles. The molecule has 4 rings (SSSR count). The normalized spacial score (nSPS) is 17.0. The maximum Gasteiger partial charge on any atom is 0.295 e. The number of rotatable bonds is 7. The second-order valence-electron chi connectivity index (χ2n) is 8.24. The van der Waals surface area contributed by atoms with Crippen LogP contribution in [0.25, 0.3) is 5.76 Å². The lowest BCUT2D eigenvalue weighted by atomic mass is 9.94. The molecule has 1 heterocycles. The average molecular weight is 536 g/mol. The zero-order valence-corrected chi connectivity index (χ0v) is 21.3. The van der Waals surface area contributed by atoms with Gasteiger partial charge in [0.05, 0.1) is 25.3 Å². The van der Waals surface area contributed by atoms with Gasteiger partial charge in [-0.15, -0.1) is 0 Å². The van der Waals surface area contributed by atoms with Crippen molar-refractivity contribution in [2.75, 3.05) is 13.7 Å². The molecule has 35 heavy (non-hydrogen) atoms. The van der Waals surface area contributed by atoms with Crippen LogP contribution in [0.2, 0.25) is 0 Å². The first kappa shape index (κ1) is 24.5. The summed E-state index contributed by atoms with van der Waals surface area (Å²) in [6, 6.07) is 19.1. The first-order valence-corrected chi connectivity index (χ1v) is 12.0. The minimum Gasteiger partial charge on any atom is -0.507 e. The van der Waals surface area contributed by atoms with Crippen LogP contribution < -0.4 is 9.47 Å². The molecule has 0 spiro atoms. The maximum absolute atomic E-state index is 13.3. The summed E-state index contributed by atoms with van der Waals surface area (Å²) in [6.07, 6.45) is 0. The smallest absolute Gasteiger partial charge is 0.295 e. The summed E-state index contributed by atoms with van der Waals surface area (Å²) in [6.45, 7) is 4.50. The lowest BCUT2D eigenvalue weighted by molar-refractivity contribution is -0.140. The van der Waals surface area contributed by atoms with Crippen LogP contribution in [0.15, 0.2) is 76.8 Å². The van der Waals surface area contributed by atoms with Gasteiger partial charge in [0.25, 0.3) is 11.7 Å². The molecule has 6 nitrogen and oxygen atoms in total. The van der Waals surface area contributed by atoms with E-state index in [1.165, 1.54) is 4.90 Å². The van der Waals surface area contributed by atoms with Crippen molar-refractivity contribution in [2.24, 2.45) is 0 Å². The molecule has 0 bridgehead atoms. The number of amides is 1. The Balaban J connectivity index is 1.83. The number of halogens is 1. The van der Waals surface area contributed by atoms with E-state index in [2.05, 4.69) is 15.9 Å². The summed E-state index contributed by atoms with van der Waals surface area (Å²) in [5.74, 6) is -0.246. The van der Waals surface area contributed by atoms with Crippen LogP contribution in [0.4, 0.5) is 0 Å². The Labute approximate surface area is 212 Å². The highest BCUT2D eigenvalue weighted by atomic mass is 79.9. The number of benzene rings is 3. The van der Waals surface area contributed by atoms with Crippen molar-refractivity contribution in [3.63, 3.8) is 0 Å². The quantitative estimate of drug-likeness (QED) is 0.235. The molecular formula is C28H26BrNO5. The van der Waals surface area contributed by atoms with E-state index in [4.69, 9.17) is 9.47 Å². The van der Waals surface area contributed by atoms with Crippen LogP contribution >= 0.6 is 15.9 Å². The fraction of sp³-hybridized carbons (Fsp3) is 0.214. The zero-order chi connectivity index (χ0) is 25.1. The minimum absolute atomic E-state index is 0.0582. The molecule has 1 aliphatic rings. The first-order valence-electron chi connectivity index (χ1n) is 11.2. The molecule has 7 heteroatoms. The Morgan fingerprint density at radius 3 is 2.43 bits per heavy atom. The third-order valence-electron chi connectivity index (χ3n) is 5.97. The summed E-state index contributed by atoms with van der Waals surface area (Å²) in [7, 11) is 1.57. The number of aryl methyl sites for hydroxylation is 1. The van der Waals surface area contributed by atoms with Gasteiger partial charge >= 0.3 is 0 Å². The third kappa shape index (κ3) is 4.95. The van der Waals surface area contributed by atoms with E-state index in [0.29, 0.717) is 29.2 Å². The first-order chi connectivity index (χ1) is 16.8. The number of hydrogen-bond donors (Lipinski definition) is 1. The second-order valence-corrected chi connectivity index (χ2v) is 9.10. The van der Waals surface area contributed by atoms with Crippen molar-refractivity contribution < 1.29 is 24.2 Å². The van der Waals surface area contributed by atoms with Gasteiger partial charge in [0.15, 0.2) is 0 Å². The van der Waals surface area contributed by atoms with Gasteiger partial charge in [-0.25, -0.2) is 0 Å². The summed E-state index contributed by atoms with van der Waals surface area (Å²) < 4.78 is 11.8. The number of carbonyl (C=O) groups is 2. The molecule has 1 saturated heterocycles. The van der Waals surface area contributed by atoms with Gasteiger partial charge in [-0.05, 0) is 66.9 Å². The minimum atomic E-state index is -0.763. The maximum atomic E-state index is 13.3. The van der Waals surface area contributed by atoms with Crippen LogP contribution in [0.3, 0.4) is 0 Å². The molecule has 0 radical (unpaired) electrons. The average Bonchev–Trinajstić information content (AvgIpc) is 3.10. The van der Waals surface area contributed by atoms with Crippen LogP contribution in [0.5, 0.6) is 11.5 Å². The van der Waals surface area contributed by atoms with Gasteiger partial charge in [-0.2, -0.15) is 0 Å². The van der Waals surface area contributed by atoms with Crippen molar-refractivity contribution in [1.29, 1.82) is 0 Å². The van der Waals surface area contributed by atoms with Gasteiger partial charge < -0.3 is 19.5 Å². The number of aliphatic hydroxyl groups excluding tert-OH is 1. The molecule has 0 saturated carbocycles. The van der Waals surface area contributed by atoms with E-state index in [1.807, 2.05) is 44.2 Å². The van der Waals surface area contributed by atoms with Gasteiger partial charge in [-0.1, -0.05) is 46.3 Å². The zero-order valence-electron chi connectivity index (χ0n) is 19.7. The van der Waals surface area contributed by atoms with Crippen molar-refractivity contribution >= 4 is 33.4 Å². The molecule has 1 amide bonds. The summed E-state index contributed by atoms with van der Waals surface area (Å²) in [5, 5.41) is 11.3. The number of aliphatic hydroxyl groups is 1. The molecule has 3 aromatic carbocycles. The number of methoxy groups -OCH3 is 1. The molecule has 1 N–H and O–H groups in total. The van der Waals surface area contributed by atoms with Gasteiger partial charge in [0, 0.05) is 16.6 Å². The number of ether oxygens (including phenoxy) is 2. The van der Waals surface area contributed by atoms with Gasteiger partial charge in [-0.3, -0.25) is 9.59 Å². The van der Waals surface area contributed by atoms with E-state index in [1.54, 1.807) is 43.5 Å². The van der Waals surface area contributed by atoms with Crippen LogP contribution in [0.1, 0.15) is 35.2 Å². The number of likely N-dealkylation sites (tertiary alicyclic amines) is 1. The van der Waals surface area contributed by atoms with E-state index in [0.717, 1.165) is 15.6 Å². The van der Waals surface area contributed by atoms with E-state index >= 15 is 0 Å². The van der Waals surface area contributed by atoms with Crippen molar-refractivity contribution in [2.45, 2.75) is 26.4 Å². The lowest BCUT2D eigenvalue weighted by Gasteiger charge is -2.26. The predicted octanol–water partition coefficient (Wildman–Crippen LogP) is 5.79. The molecule has 1 unspecified atom stereocenters. The Bertz CT molecular complexity index is 1300. The highest BCUT2D eigenvalue weighted by molar-refractivity contribution is 9.10. The lowest BCUT2D eigenvalue weighted by Crippen LogP contribution is -2.29. The number of hydrogen-bond acceptors (Lipinski definition) is 5. The highest BCUT2D eigenvalue weighted by Crippen LogP contribution is 2.41. The van der Waals surface area contributed by atoms with Crippen molar-refractivity contribution in [3.05, 3.63) is 99.0 Å². The van der Waals surface area contributed by atoms with E-state index in [9.17, 15) is 14.7 Å². The van der Waals surface area contributed by atoms with Crippen LogP contribution in [-0.2, 0) is 16.1 Å². The molecule has 3 aromatic rings. The Kier molecular flexibility index (Phi) is 7.26. The molecule has 1 fully saturated rings. The topological polar surface area (TPSA) is 76.1 Å². The number of nitrogens with zero attached hydrogens (tertiary/aromatic N) is 1. The number of carbonyl (C=O) groups excluding carboxylic acids is 2. The van der Waals surface area contributed by atoms with Gasteiger partial charge in [0.2, 0.25) is 0 Å². The standard InChI is InChI=1S/C28H26BrNO5/c1-4-35-22-7-5-6-18(15-22)16-30-25(19-8-11-21(34-3)12-9-19)24(27(32)28(30)33)26(31)20-10-13-23(29)17(2)14-20/h5-15,25,31H,4,16H2,1-3H3/b26-24-. The molecule has 0 aromatic heterocycles. The molecule has 180 valence electrons. The molecular weight excluding hydrogens is 510 g/mol. The SMILES string of the molecule is CCOc1cccc(CN2C(=O)C(=O)/C(=C(\O)c3ccc(Br)c(C)c3)C2c2ccc(OC)cc2)c1. The van der Waals surface area contributed by atoms with Crippen LogP contribution in [-0.4, -0.2) is 35.4 Å². The Morgan fingerprint density at radius 1 is 1.03 bits per heavy atom. The Hall–Kier alpha value is -3.58. The monoisotopic (exact) mass is 535 g/mol. The fourth-order valence-corrected chi connectivity index (χ4v) is 4.47. The summed E-state index contributed by atoms with van der Waals surface area (Å²) >= 11 is 3.46. The van der Waals surface area contributed by atoms with Crippen LogP contribution in [0, 0.1) is 6.92 Å². The summed E-state index contributed by atoms with van der Waals surface area (Å²) in [4.78, 5) is 28.0. The van der Waals surface area contributed by atoms with E-state index in [-0.39, 0.29) is 17.9 Å². The van der Waals surface area contributed by atoms with Gasteiger partial charge in [0.1, 0.15) is 17.3 Å². The Morgan fingerprint density at radius 2 is 1.77 bits per heavy atom. The highest BCUT2D eigenvalue weighted by Gasteiger charge is 2.46. The largest absolute Gasteiger partial charge is 0.507 e. The molecule has 1 atom stereocenters. The fourth-order valence-electron chi connectivity index (χ4n) is 4.22.